The number of nitrogens with one attached hydrogen (secondary N) is 1. The molecule has 2 aliphatic heterocycles. The minimum absolute atomic E-state index is 0.731. The van der Waals surface area contributed by atoms with Gasteiger partial charge in [0.05, 0.1) is 0 Å². The molecule has 2 rings (SSSR count). The molecule has 4 nitrogen and oxygen atoms in total. The maximum absolute atomic E-state index is 10.3. The Hall–Kier alpha value is -0.770. The fourth-order valence-corrected chi connectivity index (χ4v) is 1.71. The van der Waals surface area contributed by atoms with E-state index in [9.17, 15) is 4.79 Å². The smallest absolute Gasteiger partial charge is 0.407 e. The van der Waals surface area contributed by atoms with Gasteiger partial charge in [-0.1, -0.05) is 0 Å². The maximum Gasteiger partial charge on any atom is 0.407 e. The third-order valence-electron chi connectivity index (χ3n) is 2.58. The van der Waals surface area contributed by atoms with Crippen molar-refractivity contribution in [1.29, 1.82) is 0 Å². The van der Waals surface area contributed by atoms with Crippen LogP contribution in [0, 0.1) is 0 Å². The number of carboxylic acid groups (broad SMARTS) is 1. The molecule has 0 bridgehead atoms. The molecule has 0 aromatic heterocycles. The number of hydrogen-bond acceptors (Lipinski definition) is 2. The fourth-order valence-electron chi connectivity index (χ4n) is 1.71. The van der Waals surface area contributed by atoms with Crippen LogP contribution in [0.5, 0.6) is 0 Å². The Bertz CT molecular complexity index is 156. The summed E-state index contributed by atoms with van der Waals surface area (Å²) in [6.07, 6.45) is 5.26. The van der Waals surface area contributed by atoms with Crippen molar-refractivity contribution in [2.75, 3.05) is 26.2 Å². The summed E-state index contributed by atoms with van der Waals surface area (Å²) in [5, 5.41) is 11.7. The van der Waals surface area contributed by atoms with E-state index in [0.29, 0.717) is 0 Å². The second-order valence-electron chi connectivity index (χ2n) is 3.79. The van der Waals surface area contributed by atoms with Gasteiger partial charge in [-0.05, 0) is 45.2 Å². The number of amides is 1. The van der Waals surface area contributed by atoms with Crippen LogP contribution in [-0.4, -0.2) is 42.3 Å². The van der Waals surface area contributed by atoms with E-state index < -0.39 is 6.09 Å². The number of rotatable bonds is 0. The van der Waals surface area contributed by atoms with Gasteiger partial charge in [-0.25, -0.2) is 4.79 Å². The Kier molecular flexibility index (Phi) is 5.37. The molecule has 2 heterocycles. The molecule has 82 valence electrons. The van der Waals surface area contributed by atoms with Crippen LogP contribution in [0.15, 0.2) is 0 Å². The Morgan fingerprint density at radius 2 is 1.57 bits per heavy atom. The molecule has 0 aromatic carbocycles. The number of carbonyl (C=O) groups is 1. The molecule has 0 radical (unpaired) electrons. The Balaban J connectivity index is 0.000000165. The third kappa shape index (κ3) is 4.46. The quantitative estimate of drug-likeness (QED) is 0.623. The molecule has 0 aliphatic carbocycles. The van der Waals surface area contributed by atoms with Gasteiger partial charge in [0.15, 0.2) is 0 Å². The molecule has 0 unspecified atom stereocenters. The first-order valence-electron chi connectivity index (χ1n) is 5.49. The normalized spacial score (nSPS) is 21.3. The summed E-state index contributed by atoms with van der Waals surface area (Å²) in [6, 6.07) is 0. The number of likely N-dealkylation sites (tertiary alicyclic amines) is 1. The zero-order valence-electron chi connectivity index (χ0n) is 8.67. The monoisotopic (exact) mass is 200 g/mol. The topological polar surface area (TPSA) is 52.6 Å². The molecule has 0 saturated carbocycles. The van der Waals surface area contributed by atoms with Crippen molar-refractivity contribution >= 4 is 6.09 Å². The highest BCUT2D eigenvalue weighted by Gasteiger charge is 2.13. The Morgan fingerprint density at radius 1 is 1.00 bits per heavy atom. The summed E-state index contributed by atoms with van der Waals surface area (Å²) >= 11 is 0. The van der Waals surface area contributed by atoms with Crippen molar-refractivity contribution in [3.63, 3.8) is 0 Å². The van der Waals surface area contributed by atoms with Gasteiger partial charge in [-0.2, -0.15) is 0 Å². The number of piperidine rings is 1. The van der Waals surface area contributed by atoms with E-state index >= 15 is 0 Å². The minimum atomic E-state index is -0.769. The average molecular weight is 200 g/mol. The van der Waals surface area contributed by atoms with E-state index in [0.717, 1.165) is 25.9 Å². The molecular weight excluding hydrogens is 180 g/mol. The van der Waals surface area contributed by atoms with E-state index in [2.05, 4.69) is 5.32 Å². The van der Waals surface area contributed by atoms with Crippen molar-refractivity contribution in [3.05, 3.63) is 0 Å². The molecule has 0 spiro atoms. The summed E-state index contributed by atoms with van der Waals surface area (Å²) in [7, 11) is 0. The van der Waals surface area contributed by atoms with Crippen molar-refractivity contribution in [3.8, 4) is 0 Å². The Morgan fingerprint density at radius 3 is 1.86 bits per heavy atom. The summed E-state index contributed by atoms with van der Waals surface area (Å²) < 4.78 is 0. The standard InChI is InChI=1S/C6H11NO2.C4H9N/c8-6(9)7-4-2-1-3-5-7;1-2-4-5-3-1/h1-5H2,(H,8,9);5H,1-4H2. The molecule has 2 N–H and O–H groups in total. The number of hydrogen-bond donors (Lipinski definition) is 2. The van der Waals surface area contributed by atoms with Crippen molar-refractivity contribution < 1.29 is 9.90 Å². The van der Waals surface area contributed by atoms with Crippen LogP contribution in [0.25, 0.3) is 0 Å². The van der Waals surface area contributed by atoms with Gasteiger partial charge < -0.3 is 15.3 Å². The van der Waals surface area contributed by atoms with Crippen LogP contribution in [0.4, 0.5) is 4.79 Å². The first kappa shape index (κ1) is 11.3. The lowest BCUT2D eigenvalue weighted by Gasteiger charge is -2.22. The lowest BCUT2D eigenvalue weighted by atomic mass is 10.1. The average Bonchev–Trinajstić information content (AvgIpc) is 2.77. The molecule has 0 aromatic rings. The van der Waals surface area contributed by atoms with Gasteiger partial charge in [0, 0.05) is 13.1 Å². The molecule has 2 aliphatic rings. The van der Waals surface area contributed by atoms with Crippen LogP contribution in [0.2, 0.25) is 0 Å². The molecule has 2 saturated heterocycles. The van der Waals surface area contributed by atoms with Crippen molar-refractivity contribution in [2.45, 2.75) is 32.1 Å². The first-order valence-corrected chi connectivity index (χ1v) is 5.49. The van der Waals surface area contributed by atoms with Crippen LogP contribution < -0.4 is 5.32 Å². The second-order valence-corrected chi connectivity index (χ2v) is 3.79. The molecular formula is C10H20N2O2. The highest BCUT2D eigenvalue weighted by molar-refractivity contribution is 5.64. The third-order valence-corrected chi connectivity index (χ3v) is 2.58. The molecule has 2 fully saturated rings. The van der Waals surface area contributed by atoms with Gasteiger partial charge in [0.1, 0.15) is 0 Å². The summed E-state index contributed by atoms with van der Waals surface area (Å²) in [5.41, 5.74) is 0. The first-order chi connectivity index (χ1) is 6.80. The van der Waals surface area contributed by atoms with Crippen molar-refractivity contribution in [2.24, 2.45) is 0 Å². The summed E-state index contributed by atoms with van der Waals surface area (Å²) in [5.74, 6) is 0. The van der Waals surface area contributed by atoms with Crippen LogP contribution >= 0.6 is 0 Å². The SMILES string of the molecule is C1CCNC1.O=C(O)N1CCCCC1. The fraction of sp³-hybridized carbons (Fsp3) is 0.900. The van der Waals surface area contributed by atoms with Gasteiger partial charge in [0.2, 0.25) is 0 Å². The van der Waals surface area contributed by atoms with E-state index in [-0.39, 0.29) is 0 Å². The zero-order chi connectivity index (χ0) is 10.2. The zero-order valence-corrected chi connectivity index (χ0v) is 8.67. The van der Waals surface area contributed by atoms with Gasteiger partial charge in [-0.3, -0.25) is 0 Å². The predicted molar refractivity (Wildman–Crippen MR) is 55.6 cm³/mol. The van der Waals surface area contributed by atoms with Crippen LogP contribution in [0.3, 0.4) is 0 Å². The Labute approximate surface area is 85.3 Å². The lowest BCUT2D eigenvalue weighted by molar-refractivity contribution is 0.136. The predicted octanol–water partition coefficient (Wildman–Crippen LogP) is 1.52. The van der Waals surface area contributed by atoms with Gasteiger partial charge >= 0.3 is 6.09 Å². The van der Waals surface area contributed by atoms with Crippen LogP contribution in [-0.2, 0) is 0 Å². The summed E-state index contributed by atoms with van der Waals surface area (Å²) in [6.45, 7) is 3.96. The lowest BCUT2D eigenvalue weighted by Crippen LogP contribution is -2.34. The molecule has 0 atom stereocenters. The molecule has 14 heavy (non-hydrogen) atoms. The van der Waals surface area contributed by atoms with Crippen molar-refractivity contribution in [1.82, 2.24) is 10.2 Å². The largest absolute Gasteiger partial charge is 0.465 e. The summed E-state index contributed by atoms with van der Waals surface area (Å²) in [4.78, 5) is 11.8. The van der Waals surface area contributed by atoms with E-state index in [1.807, 2.05) is 0 Å². The molecule has 1 amide bonds. The van der Waals surface area contributed by atoms with E-state index in [1.54, 1.807) is 0 Å². The van der Waals surface area contributed by atoms with Crippen LogP contribution in [0.1, 0.15) is 32.1 Å². The second kappa shape index (κ2) is 6.65. The highest BCUT2D eigenvalue weighted by Crippen LogP contribution is 2.07. The highest BCUT2D eigenvalue weighted by atomic mass is 16.4. The van der Waals surface area contributed by atoms with E-state index in [4.69, 9.17) is 5.11 Å². The number of nitrogens with zero attached hydrogens (tertiary/aromatic N) is 1. The van der Waals surface area contributed by atoms with E-state index in [1.165, 1.54) is 37.3 Å². The van der Waals surface area contributed by atoms with Gasteiger partial charge in [-0.15, -0.1) is 0 Å². The maximum atomic E-state index is 10.3. The minimum Gasteiger partial charge on any atom is -0.465 e. The molecule has 4 heteroatoms. The van der Waals surface area contributed by atoms with Gasteiger partial charge in [0.25, 0.3) is 0 Å².